The number of thiophene rings is 1. The first-order valence-corrected chi connectivity index (χ1v) is 7.83. The van der Waals surface area contributed by atoms with Gasteiger partial charge in [-0.3, -0.25) is 4.68 Å². The van der Waals surface area contributed by atoms with Crippen molar-refractivity contribution < 1.29 is 4.74 Å². The fourth-order valence-electron chi connectivity index (χ4n) is 2.01. The molecule has 0 aliphatic carbocycles. The van der Waals surface area contributed by atoms with Gasteiger partial charge < -0.3 is 10.5 Å². The van der Waals surface area contributed by atoms with E-state index in [1.807, 2.05) is 23.1 Å². The van der Waals surface area contributed by atoms with Crippen molar-refractivity contribution in [2.24, 2.45) is 5.73 Å². The topological polar surface area (TPSA) is 53.1 Å². The molecule has 0 saturated carbocycles. The molecule has 0 amide bonds. The molecule has 0 radical (unpaired) electrons. The Morgan fingerprint density at radius 2 is 2.32 bits per heavy atom. The van der Waals surface area contributed by atoms with Gasteiger partial charge in [0.05, 0.1) is 23.0 Å². The van der Waals surface area contributed by atoms with Crippen molar-refractivity contribution >= 4 is 27.3 Å². The third-order valence-electron chi connectivity index (χ3n) is 3.06. The number of hydrogen-bond donors (Lipinski definition) is 1. The summed E-state index contributed by atoms with van der Waals surface area (Å²) in [6, 6.07) is 1.97. The van der Waals surface area contributed by atoms with Crippen LogP contribution in [0.3, 0.4) is 0 Å². The van der Waals surface area contributed by atoms with E-state index < -0.39 is 0 Å². The van der Waals surface area contributed by atoms with Crippen LogP contribution in [0.25, 0.3) is 0 Å². The predicted octanol–water partition coefficient (Wildman–Crippen LogP) is 3.29. The summed E-state index contributed by atoms with van der Waals surface area (Å²) in [5, 5.41) is 6.47. The van der Waals surface area contributed by atoms with Crippen LogP contribution < -0.4 is 10.5 Å². The van der Waals surface area contributed by atoms with E-state index in [9.17, 15) is 0 Å². The van der Waals surface area contributed by atoms with Gasteiger partial charge in [0.2, 0.25) is 0 Å². The standard InChI is InChI=1S/C13H18BrN3OS/c1-4-17-11(13(14)8(2)16-17)6-10(15)12-5-9(18-3)7-19-12/h5,7,10H,4,6,15H2,1-3H3. The molecule has 2 N–H and O–H groups in total. The second kappa shape index (κ2) is 6.07. The van der Waals surface area contributed by atoms with Gasteiger partial charge in [0, 0.05) is 29.3 Å². The van der Waals surface area contributed by atoms with Crippen molar-refractivity contribution in [3.63, 3.8) is 0 Å². The number of nitrogens with two attached hydrogens (primary N) is 1. The van der Waals surface area contributed by atoms with Crippen LogP contribution in [-0.2, 0) is 13.0 Å². The highest BCUT2D eigenvalue weighted by molar-refractivity contribution is 9.10. The maximum atomic E-state index is 6.29. The van der Waals surface area contributed by atoms with Gasteiger partial charge in [-0.1, -0.05) is 0 Å². The molecule has 1 unspecified atom stereocenters. The first-order chi connectivity index (χ1) is 9.06. The number of nitrogens with zero attached hydrogens (tertiary/aromatic N) is 2. The van der Waals surface area contributed by atoms with Gasteiger partial charge in [0.25, 0.3) is 0 Å². The quantitative estimate of drug-likeness (QED) is 0.906. The minimum atomic E-state index is -0.0356. The Balaban J connectivity index is 2.20. The summed E-state index contributed by atoms with van der Waals surface area (Å²) in [6.07, 6.45) is 0.763. The molecule has 0 aliphatic heterocycles. The molecule has 2 rings (SSSR count). The summed E-state index contributed by atoms with van der Waals surface area (Å²) in [7, 11) is 1.67. The molecule has 0 fully saturated rings. The summed E-state index contributed by atoms with van der Waals surface area (Å²) in [6.45, 7) is 4.93. The van der Waals surface area contributed by atoms with Crippen LogP contribution in [-0.4, -0.2) is 16.9 Å². The SMILES string of the molecule is CCn1nc(C)c(Br)c1CC(N)c1cc(OC)cs1. The Hall–Kier alpha value is -0.850. The van der Waals surface area contributed by atoms with Gasteiger partial charge in [-0.15, -0.1) is 11.3 Å². The molecule has 4 nitrogen and oxygen atoms in total. The number of aryl methyl sites for hydroxylation is 2. The highest BCUT2D eigenvalue weighted by atomic mass is 79.9. The van der Waals surface area contributed by atoms with Crippen molar-refractivity contribution in [1.82, 2.24) is 9.78 Å². The Kier molecular flexibility index (Phi) is 4.65. The molecule has 0 aromatic carbocycles. The first-order valence-electron chi connectivity index (χ1n) is 6.16. The molecule has 19 heavy (non-hydrogen) atoms. The van der Waals surface area contributed by atoms with Crippen LogP contribution in [0.15, 0.2) is 15.9 Å². The van der Waals surface area contributed by atoms with Crippen LogP contribution >= 0.6 is 27.3 Å². The van der Waals surface area contributed by atoms with Gasteiger partial charge in [0.15, 0.2) is 0 Å². The summed E-state index contributed by atoms with van der Waals surface area (Å²) >= 11 is 5.23. The van der Waals surface area contributed by atoms with E-state index in [1.54, 1.807) is 18.4 Å². The first kappa shape index (κ1) is 14.6. The summed E-state index contributed by atoms with van der Waals surface area (Å²) in [5.74, 6) is 0.870. The molecular formula is C13H18BrN3OS. The van der Waals surface area contributed by atoms with E-state index in [1.165, 1.54) is 0 Å². The third-order valence-corrected chi connectivity index (χ3v) is 5.14. The van der Waals surface area contributed by atoms with Gasteiger partial charge in [-0.2, -0.15) is 5.10 Å². The second-order valence-corrected chi connectivity index (χ2v) is 6.10. The van der Waals surface area contributed by atoms with Crippen LogP contribution in [0.4, 0.5) is 0 Å². The third kappa shape index (κ3) is 3.01. The molecule has 104 valence electrons. The molecule has 0 saturated heterocycles. The van der Waals surface area contributed by atoms with Crippen molar-refractivity contribution in [3.05, 3.63) is 32.2 Å². The molecule has 2 aromatic heterocycles. The van der Waals surface area contributed by atoms with Crippen molar-refractivity contribution in [1.29, 1.82) is 0 Å². The Morgan fingerprint density at radius 1 is 1.58 bits per heavy atom. The zero-order chi connectivity index (χ0) is 14.0. The van der Waals surface area contributed by atoms with E-state index in [2.05, 4.69) is 28.0 Å². The molecule has 0 aliphatic rings. The van der Waals surface area contributed by atoms with E-state index in [4.69, 9.17) is 10.5 Å². The zero-order valence-electron chi connectivity index (χ0n) is 11.3. The smallest absolute Gasteiger partial charge is 0.129 e. The van der Waals surface area contributed by atoms with Gasteiger partial charge >= 0.3 is 0 Å². The molecule has 6 heteroatoms. The normalized spacial score (nSPS) is 12.7. The molecule has 2 heterocycles. The number of ether oxygens (including phenoxy) is 1. The lowest BCUT2D eigenvalue weighted by molar-refractivity contribution is 0.416. The van der Waals surface area contributed by atoms with Crippen LogP contribution in [0.1, 0.15) is 29.2 Å². The van der Waals surface area contributed by atoms with Crippen molar-refractivity contribution in [2.75, 3.05) is 7.11 Å². The van der Waals surface area contributed by atoms with Gasteiger partial charge in [-0.05, 0) is 35.8 Å². The summed E-state index contributed by atoms with van der Waals surface area (Å²) < 4.78 is 8.26. The van der Waals surface area contributed by atoms with Crippen molar-refractivity contribution in [2.45, 2.75) is 32.9 Å². The molecule has 2 aromatic rings. The Labute approximate surface area is 125 Å². The minimum Gasteiger partial charge on any atom is -0.496 e. The van der Waals surface area contributed by atoms with E-state index in [-0.39, 0.29) is 6.04 Å². The number of rotatable bonds is 5. The van der Waals surface area contributed by atoms with Gasteiger partial charge in [0.1, 0.15) is 5.75 Å². The van der Waals surface area contributed by atoms with Crippen LogP contribution in [0, 0.1) is 6.92 Å². The average Bonchev–Trinajstić information content (AvgIpc) is 2.98. The zero-order valence-corrected chi connectivity index (χ0v) is 13.7. The van der Waals surface area contributed by atoms with Gasteiger partial charge in [-0.25, -0.2) is 0 Å². The number of aromatic nitrogens is 2. The Bertz CT molecular complexity index is 564. The largest absolute Gasteiger partial charge is 0.496 e. The van der Waals surface area contributed by atoms with E-state index in [0.717, 1.165) is 39.5 Å². The Morgan fingerprint density at radius 3 is 2.89 bits per heavy atom. The molecule has 0 spiro atoms. The second-order valence-electron chi connectivity index (χ2n) is 4.36. The lowest BCUT2D eigenvalue weighted by Gasteiger charge is -2.11. The van der Waals surface area contributed by atoms with E-state index >= 15 is 0 Å². The minimum absolute atomic E-state index is 0.0356. The lowest BCUT2D eigenvalue weighted by atomic mass is 10.1. The van der Waals surface area contributed by atoms with Crippen molar-refractivity contribution in [3.8, 4) is 5.75 Å². The monoisotopic (exact) mass is 343 g/mol. The highest BCUT2D eigenvalue weighted by Gasteiger charge is 2.17. The highest BCUT2D eigenvalue weighted by Crippen LogP contribution is 2.30. The van der Waals surface area contributed by atoms with Crippen LogP contribution in [0.5, 0.6) is 5.75 Å². The summed E-state index contributed by atoms with van der Waals surface area (Å²) in [4.78, 5) is 1.13. The summed E-state index contributed by atoms with van der Waals surface area (Å²) in [5.41, 5.74) is 8.45. The average molecular weight is 344 g/mol. The molecular weight excluding hydrogens is 326 g/mol. The van der Waals surface area contributed by atoms with Crippen LogP contribution in [0.2, 0.25) is 0 Å². The predicted molar refractivity (Wildman–Crippen MR) is 81.8 cm³/mol. The fraction of sp³-hybridized carbons (Fsp3) is 0.462. The maximum absolute atomic E-state index is 6.29. The molecule has 0 bridgehead atoms. The fourth-order valence-corrected chi connectivity index (χ4v) is 3.31. The number of methoxy groups -OCH3 is 1. The maximum Gasteiger partial charge on any atom is 0.129 e. The molecule has 1 atom stereocenters. The lowest BCUT2D eigenvalue weighted by Crippen LogP contribution is -2.15. The number of hydrogen-bond acceptors (Lipinski definition) is 4. The number of halogens is 1. The van der Waals surface area contributed by atoms with E-state index in [0.29, 0.717) is 0 Å².